The summed E-state index contributed by atoms with van der Waals surface area (Å²) in [5.74, 6) is 0.738. The quantitative estimate of drug-likeness (QED) is 0.396. The van der Waals surface area contributed by atoms with Crippen molar-refractivity contribution in [3.63, 3.8) is 0 Å². The first-order valence-corrected chi connectivity index (χ1v) is 11.8. The maximum Gasteiger partial charge on any atom is 0.264 e. The normalized spacial score (nSPS) is 15.2. The summed E-state index contributed by atoms with van der Waals surface area (Å²) >= 11 is 7.45. The second-order valence-electron chi connectivity index (χ2n) is 7.50. The summed E-state index contributed by atoms with van der Waals surface area (Å²) in [7, 11) is 1.56. The van der Waals surface area contributed by atoms with E-state index in [1.54, 1.807) is 49.6 Å². The van der Waals surface area contributed by atoms with E-state index in [1.807, 2.05) is 30.3 Å². The van der Waals surface area contributed by atoms with Gasteiger partial charge < -0.3 is 20.1 Å². The number of carbonyl (C=O) groups excluding carboxylic acids is 2. The van der Waals surface area contributed by atoms with Crippen LogP contribution in [0.5, 0.6) is 11.5 Å². The number of benzene rings is 3. The monoisotopic (exact) mass is 507 g/mol. The molecule has 0 saturated carbocycles. The highest BCUT2D eigenvalue weighted by atomic mass is 35.5. The maximum absolute atomic E-state index is 12.5. The van der Waals surface area contributed by atoms with Gasteiger partial charge >= 0.3 is 0 Å². The number of rotatable bonds is 7. The van der Waals surface area contributed by atoms with Crippen LogP contribution in [0.2, 0.25) is 5.02 Å². The van der Waals surface area contributed by atoms with E-state index in [0.29, 0.717) is 44.6 Å². The van der Waals surface area contributed by atoms with Gasteiger partial charge in [-0.3, -0.25) is 9.59 Å². The number of hydrogen-bond acceptors (Lipinski definition) is 6. The van der Waals surface area contributed by atoms with Crippen molar-refractivity contribution in [2.24, 2.45) is 4.99 Å². The molecule has 35 heavy (non-hydrogen) atoms. The highest BCUT2D eigenvalue weighted by Crippen LogP contribution is 2.33. The molecule has 178 valence electrons. The second-order valence-corrected chi connectivity index (χ2v) is 8.94. The fourth-order valence-electron chi connectivity index (χ4n) is 3.24. The molecule has 0 radical (unpaired) electrons. The molecule has 1 aliphatic rings. The number of halogens is 1. The van der Waals surface area contributed by atoms with Gasteiger partial charge in [-0.05, 0) is 65.9 Å². The first kappa shape index (κ1) is 24.4. The van der Waals surface area contributed by atoms with Gasteiger partial charge in [-0.1, -0.05) is 35.9 Å². The van der Waals surface area contributed by atoms with E-state index in [4.69, 9.17) is 21.1 Å². The fraction of sp³-hybridized carbons (Fsp3) is 0.115. The van der Waals surface area contributed by atoms with E-state index in [0.717, 1.165) is 11.1 Å². The Hall–Kier alpha value is -3.75. The number of nitrogens with one attached hydrogen (secondary N) is 2. The van der Waals surface area contributed by atoms with Gasteiger partial charge in [0.2, 0.25) is 5.91 Å². The molecule has 1 fully saturated rings. The molecule has 0 aromatic heterocycles. The van der Waals surface area contributed by atoms with Crippen molar-refractivity contribution >= 4 is 57.8 Å². The third kappa shape index (κ3) is 6.44. The molecule has 1 saturated heterocycles. The molecule has 9 heteroatoms. The predicted molar refractivity (Wildman–Crippen MR) is 140 cm³/mol. The summed E-state index contributed by atoms with van der Waals surface area (Å²) in [4.78, 5) is 28.6. The molecule has 1 aliphatic heterocycles. The van der Waals surface area contributed by atoms with Crippen molar-refractivity contribution in [2.45, 2.75) is 13.5 Å². The van der Waals surface area contributed by atoms with Crippen molar-refractivity contribution in [3.8, 4) is 11.5 Å². The van der Waals surface area contributed by atoms with Crippen molar-refractivity contribution in [2.75, 3.05) is 12.4 Å². The summed E-state index contributed by atoms with van der Waals surface area (Å²) in [5.41, 5.74) is 2.99. The number of nitrogens with zero attached hydrogens (tertiary/aromatic N) is 1. The number of amidine groups is 1. The highest BCUT2D eigenvalue weighted by molar-refractivity contribution is 8.18. The number of carbonyl (C=O) groups is 2. The minimum absolute atomic E-state index is 0.144. The molecular weight excluding hydrogens is 486 g/mol. The first-order valence-electron chi connectivity index (χ1n) is 10.6. The van der Waals surface area contributed by atoms with Crippen molar-refractivity contribution in [3.05, 3.63) is 87.8 Å². The van der Waals surface area contributed by atoms with E-state index < -0.39 is 0 Å². The lowest BCUT2D eigenvalue weighted by atomic mass is 10.2. The highest BCUT2D eigenvalue weighted by Gasteiger charge is 2.24. The fourth-order valence-corrected chi connectivity index (χ4v) is 4.27. The third-order valence-corrected chi connectivity index (χ3v) is 6.17. The molecule has 4 rings (SSSR count). The average molecular weight is 508 g/mol. The van der Waals surface area contributed by atoms with E-state index in [1.165, 1.54) is 18.7 Å². The lowest BCUT2D eigenvalue weighted by Gasteiger charge is -2.12. The van der Waals surface area contributed by atoms with Crippen LogP contribution in [-0.2, 0) is 16.2 Å². The van der Waals surface area contributed by atoms with E-state index in [9.17, 15) is 9.59 Å². The van der Waals surface area contributed by atoms with Crippen LogP contribution >= 0.6 is 23.4 Å². The Labute approximate surface area is 212 Å². The lowest BCUT2D eigenvalue weighted by molar-refractivity contribution is -0.115. The van der Waals surface area contributed by atoms with Crippen LogP contribution in [0.25, 0.3) is 6.08 Å². The summed E-state index contributed by atoms with van der Waals surface area (Å²) in [6.07, 6.45) is 1.77. The van der Waals surface area contributed by atoms with Crippen LogP contribution in [0.4, 0.5) is 11.4 Å². The van der Waals surface area contributed by atoms with Gasteiger partial charge in [-0.2, -0.15) is 0 Å². The number of amides is 2. The Morgan fingerprint density at radius 2 is 1.89 bits per heavy atom. The van der Waals surface area contributed by atoms with Gasteiger partial charge in [-0.25, -0.2) is 4.99 Å². The molecular formula is C26H22ClN3O4S. The Balaban J connectivity index is 1.46. The standard InChI is InChI=1S/C26H22ClN3O4S/c1-16(31)28-19-8-10-20(11-9-19)29-26-30-25(32)24(35-26)14-17-7-12-22(23(13-17)33-2)34-15-18-5-3-4-6-21(18)27/h3-14H,15H2,1-2H3,(H,28,31)(H,29,30,32)/b24-14-. The molecule has 1 heterocycles. The van der Waals surface area contributed by atoms with Crippen LogP contribution in [0.1, 0.15) is 18.1 Å². The number of methoxy groups -OCH3 is 1. The summed E-state index contributed by atoms with van der Waals surface area (Å²) < 4.78 is 11.4. The number of thioether (sulfide) groups is 1. The molecule has 0 spiro atoms. The number of hydrogen-bond donors (Lipinski definition) is 2. The SMILES string of the molecule is COc1cc(/C=C2\SC(=Nc3ccc(NC(C)=O)cc3)NC2=O)ccc1OCc1ccccc1Cl. The minimum Gasteiger partial charge on any atom is -0.493 e. The second kappa shape index (κ2) is 11.1. The van der Waals surface area contributed by atoms with Crippen LogP contribution < -0.4 is 20.1 Å². The van der Waals surface area contributed by atoms with Gasteiger partial charge in [0.1, 0.15) is 6.61 Å². The Morgan fingerprint density at radius 1 is 1.11 bits per heavy atom. The van der Waals surface area contributed by atoms with Gasteiger partial charge in [-0.15, -0.1) is 0 Å². The van der Waals surface area contributed by atoms with Crippen molar-refractivity contribution < 1.29 is 19.1 Å². The minimum atomic E-state index is -0.235. The summed E-state index contributed by atoms with van der Waals surface area (Å²) in [6.45, 7) is 1.75. The molecule has 7 nitrogen and oxygen atoms in total. The van der Waals surface area contributed by atoms with Crippen molar-refractivity contribution in [1.82, 2.24) is 5.32 Å². The molecule has 0 bridgehead atoms. The molecule has 3 aromatic carbocycles. The zero-order valence-electron chi connectivity index (χ0n) is 19.0. The zero-order valence-corrected chi connectivity index (χ0v) is 20.6. The van der Waals surface area contributed by atoms with Crippen LogP contribution in [-0.4, -0.2) is 24.1 Å². The van der Waals surface area contributed by atoms with Crippen LogP contribution in [0, 0.1) is 0 Å². The molecule has 2 N–H and O–H groups in total. The molecule has 0 unspecified atom stereocenters. The van der Waals surface area contributed by atoms with Crippen LogP contribution in [0.3, 0.4) is 0 Å². The van der Waals surface area contributed by atoms with Gasteiger partial charge in [0.05, 0.1) is 17.7 Å². The summed E-state index contributed by atoms with van der Waals surface area (Å²) in [5, 5.41) is 6.58. The molecule has 2 amide bonds. The first-order chi connectivity index (χ1) is 16.9. The maximum atomic E-state index is 12.5. The van der Waals surface area contributed by atoms with Crippen LogP contribution in [0.15, 0.2) is 76.6 Å². The molecule has 3 aromatic rings. The zero-order chi connectivity index (χ0) is 24.8. The molecule has 0 atom stereocenters. The number of anilines is 1. The van der Waals surface area contributed by atoms with Gasteiger partial charge in [0.25, 0.3) is 5.91 Å². The smallest absolute Gasteiger partial charge is 0.264 e. The van der Waals surface area contributed by atoms with Gasteiger partial charge in [0, 0.05) is 23.2 Å². The van der Waals surface area contributed by atoms with E-state index in [2.05, 4.69) is 15.6 Å². The Morgan fingerprint density at radius 3 is 2.60 bits per heavy atom. The number of aliphatic imine (C=N–C) groups is 1. The summed E-state index contributed by atoms with van der Waals surface area (Å²) in [6, 6.07) is 20.0. The lowest BCUT2D eigenvalue weighted by Crippen LogP contribution is -2.19. The van der Waals surface area contributed by atoms with E-state index >= 15 is 0 Å². The Bertz CT molecular complexity index is 1320. The predicted octanol–water partition coefficient (Wildman–Crippen LogP) is 5.78. The van der Waals surface area contributed by atoms with Crippen molar-refractivity contribution in [1.29, 1.82) is 0 Å². The average Bonchev–Trinajstić information content (AvgIpc) is 3.18. The topological polar surface area (TPSA) is 89.0 Å². The van der Waals surface area contributed by atoms with E-state index in [-0.39, 0.29) is 11.8 Å². The van der Waals surface area contributed by atoms with Gasteiger partial charge in [0.15, 0.2) is 16.7 Å². The number of ether oxygens (including phenoxy) is 2. The Kier molecular flexibility index (Phi) is 7.74. The molecule has 0 aliphatic carbocycles. The third-order valence-electron chi connectivity index (χ3n) is 4.90. The largest absolute Gasteiger partial charge is 0.493 e.